The summed E-state index contributed by atoms with van der Waals surface area (Å²) in [6.07, 6.45) is 2.49. The van der Waals surface area contributed by atoms with Gasteiger partial charge in [-0.2, -0.15) is 5.10 Å². The highest BCUT2D eigenvalue weighted by molar-refractivity contribution is 8.13. The van der Waals surface area contributed by atoms with Gasteiger partial charge in [0.25, 0.3) is 0 Å². The SMILES string of the molecule is CCSC(=O)Oc1c(-c2cc(C(=O)c3ccccc3)c(C)c(OCCOC)c2S(C)(=O)=O)cnn1CC. The molecule has 9 nitrogen and oxygen atoms in total. The van der Waals surface area contributed by atoms with Crippen LogP contribution < -0.4 is 9.47 Å². The highest BCUT2D eigenvalue weighted by atomic mass is 32.2. The minimum Gasteiger partial charge on any atom is -0.489 e. The average molecular weight is 547 g/mol. The van der Waals surface area contributed by atoms with Crippen molar-refractivity contribution in [3.63, 3.8) is 0 Å². The quantitative estimate of drug-likeness (QED) is 0.190. The number of nitrogens with zero attached hydrogens (tertiary/aromatic N) is 2. The lowest BCUT2D eigenvalue weighted by Crippen LogP contribution is -2.14. The summed E-state index contributed by atoms with van der Waals surface area (Å²) in [5, 5.41) is 3.75. The second-order valence-corrected chi connectivity index (χ2v) is 11.2. The zero-order valence-electron chi connectivity index (χ0n) is 21.4. The van der Waals surface area contributed by atoms with E-state index in [-0.39, 0.29) is 52.2 Å². The Balaban J connectivity index is 2.36. The van der Waals surface area contributed by atoms with Crippen LogP contribution in [0.5, 0.6) is 11.6 Å². The number of ether oxygens (including phenoxy) is 3. The summed E-state index contributed by atoms with van der Waals surface area (Å²) in [6.45, 7) is 5.91. The molecule has 0 N–H and O–H groups in total. The van der Waals surface area contributed by atoms with Gasteiger partial charge >= 0.3 is 5.30 Å². The van der Waals surface area contributed by atoms with Gasteiger partial charge in [0.1, 0.15) is 17.3 Å². The maximum Gasteiger partial charge on any atom is 0.374 e. The van der Waals surface area contributed by atoms with Gasteiger partial charge in [0.15, 0.2) is 15.6 Å². The van der Waals surface area contributed by atoms with E-state index in [0.717, 1.165) is 18.0 Å². The van der Waals surface area contributed by atoms with Crippen molar-refractivity contribution in [3.8, 4) is 22.8 Å². The van der Waals surface area contributed by atoms with Crippen molar-refractivity contribution in [2.45, 2.75) is 32.2 Å². The number of benzene rings is 2. The molecule has 0 amide bonds. The molecule has 0 aliphatic rings. The van der Waals surface area contributed by atoms with Crippen LogP contribution in [0, 0.1) is 6.92 Å². The molecule has 0 aliphatic carbocycles. The van der Waals surface area contributed by atoms with E-state index in [4.69, 9.17) is 14.2 Å². The van der Waals surface area contributed by atoms with Crippen LogP contribution in [0.15, 0.2) is 47.5 Å². The second kappa shape index (κ2) is 12.4. The number of thioether (sulfide) groups is 1. The third-order valence-corrected chi connectivity index (χ3v) is 7.25. The van der Waals surface area contributed by atoms with E-state index in [9.17, 15) is 18.0 Å². The minimum atomic E-state index is -3.89. The summed E-state index contributed by atoms with van der Waals surface area (Å²) in [5.41, 5.74) is 1.47. The predicted molar refractivity (Wildman–Crippen MR) is 143 cm³/mol. The second-order valence-electron chi connectivity index (χ2n) is 8.03. The number of methoxy groups -OCH3 is 1. The highest BCUT2D eigenvalue weighted by Crippen LogP contribution is 2.43. The van der Waals surface area contributed by atoms with Gasteiger partial charge < -0.3 is 14.2 Å². The largest absolute Gasteiger partial charge is 0.489 e. The Kier molecular flexibility index (Phi) is 9.52. The number of sulfone groups is 1. The van der Waals surface area contributed by atoms with Gasteiger partial charge in [-0.25, -0.2) is 17.9 Å². The molecular weight excluding hydrogens is 516 g/mol. The van der Waals surface area contributed by atoms with Gasteiger partial charge in [-0.3, -0.25) is 4.79 Å². The summed E-state index contributed by atoms with van der Waals surface area (Å²) >= 11 is 0.974. The summed E-state index contributed by atoms with van der Waals surface area (Å²) in [6, 6.07) is 10.2. The van der Waals surface area contributed by atoms with Crippen LogP contribution in [0.1, 0.15) is 35.3 Å². The van der Waals surface area contributed by atoms with E-state index >= 15 is 0 Å². The Labute approximate surface area is 221 Å². The molecule has 0 fully saturated rings. The molecule has 0 radical (unpaired) electrons. The number of aromatic nitrogens is 2. The molecule has 3 rings (SSSR count). The Morgan fingerprint density at radius 2 is 1.78 bits per heavy atom. The molecule has 1 heterocycles. The van der Waals surface area contributed by atoms with Crippen molar-refractivity contribution >= 4 is 32.7 Å². The molecule has 0 spiro atoms. The third kappa shape index (κ3) is 6.41. The first kappa shape index (κ1) is 28.4. The lowest BCUT2D eigenvalue weighted by molar-refractivity contribution is 0.103. The molecule has 0 atom stereocenters. The fourth-order valence-corrected chi connectivity index (χ4v) is 5.29. The van der Waals surface area contributed by atoms with Crippen LogP contribution in [0.25, 0.3) is 11.1 Å². The summed E-state index contributed by atoms with van der Waals surface area (Å²) < 4.78 is 44.4. The van der Waals surface area contributed by atoms with Crippen molar-refractivity contribution in [1.82, 2.24) is 9.78 Å². The van der Waals surface area contributed by atoms with E-state index in [1.165, 1.54) is 24.1 Å². The molecule has 198 valence electrons. The monoisotopic (exact) mass is 546 g/mol. The van der Waals surface area contributed by atoms with E-state index in [0.29, 0.717) is 23.4 Å². The first-order valence-corrected chi connectivity index (χ1v) is 14.5. The Morgan fingerprint density at radius 3 is 2.38 bits per heavy atom. The van der Waals surface area contributed by atoms with Crippen LogP contribution in [0.3, 0.4) is 0 Å². The van der Waals surface area contributed by atoms with E-state index in [1.807, 2.05) is 13.8 Å². The Hall–Kier alpha value is -3.15. The van der Waals surface area contributed by atoms with Crippen LogP contribution in [0.2, 0.25) is 0 Å². The van der Waals surface area contributed by atoms with Crippen LogP contribution in [0.4, 0.5) is 4.79 Å². The zero-order chi connectivity index (χ0) is 27.2. The van der Waals surface area contributed by atoms with Crippen LogP contribution >= 0.6 is 11.8 Å². The van der Waals surface area contributed by atoms with Gasteiger partial charge in [-0.15, -0.1) is 0 Å². The van der Waals surface area contributed by atoms with Gasteiger partial charge in [0, 0.05) is 47.9 Å². The van der Waals surface area contributed by atoms with Crippen molar-refractivity contribution < 1.29 is 32.2 Å². The number of ketones is 1. The fraction of sp³-hybridized carbons (Fsp3) is 0.346. The fourth-order valence-electron chi connectivity index (χ4n) is 3.80. The maximum atomic E-state index is 13.6. The van der Waals surface area contributed by atoms with Crippen molar-refractivity contribution in [1.29, 1.82) is 0 Å². The maximum absolute atomic E-state index is 13.6. The van der Waals surface area contributed by atoms with Crippen LogP contribution in [-0.2, 0) is 21.1 Å². The van der Waals surface area contributed by atoms with Crippen LogP contribution in [-0.4, -0.2) is 61.6 Å². The number of carbonyl (C=O) groups excluding carboxylic acids is 2. The molecule has 37 heavy (non-hydrogen) atoms. The molecule has 0 saturated carbocycles. The van der Waals surface area contributed by atoms with E-state index in [2.05, 4.69) is 5.10 Å². The van der Waals surface area contributed by atoms with Crippen molar-refractivity contribution in [3.05, 3.63) is 59.3 Å². The molecule has 2 aromatic carbocycles. The number of carbonyl (C=O) groups is 2. The van der Waals surface area contributed by atoms with Crippen molar-refractivity contribution in [2.24, 2.45) is 0 Å². The van der Waals surface area contributed by atoms with Gasteiger partial charge in [0.05, 0.1) is 18.4 Å². The number of hydrogen-bond donors (Lipinski definition) is 0. The number of rotatable bonds is 11. The molecular formula is C26H30N2O7S2. The lowest BCUT2D eigenvalue weighted by Gasteiger charge is -2.20. The average Bonchev–Trinajstić information content (AvgIpc) is 3.26. The van der Waals surface area contributed by atoms with Gasteiger partial charge in [0.2, 0.25) is 5.88 Å². The first-order valence-electron chi connectivity index (χ1n) is 11.6. The van der Waals surface area contributed by atoms with Crippen molar-refractivity contribution in [2.75, 3.05) is 32.3 Å². The first-order chi connectivity index (χ1) is 17.6. The normalized spacial score (nSPS) is 11.4. The molecule has 3 aromatic rings. The predicted octanol–water partition coefficient (Wildman–Crippen LogP) is 4.79. The van der Waals surface area contributed by atoms with Gasteiger partial charge in [-0.05, 0) is 31.7 Å². The summed E-state index contributed by atoms with van der Waals surface area (Å²) in [7, 11) is -2.39. The summed E-state index contributed by atoms with van der Waals surface area (Å²) in [5.74, 6) is 0.323. The molecule has 0 aliphatic heterocycles. The number of hydrogen-bond acceptors (Lipinski definition) is 9. The Bertz CT molecular complexity index is 1380. The Morgan fingerprint density at radius 1 is 1.08 bits per heavy atom. The smallest absolute Gasteiger partial charge is 0.374 e. The standard InChI is InChI=1S/C26H30N2O7S2/c1-6-28-25(35-26(30)36-7-2)21(16-27-28)20-15-19(22(29)18-11-9-8-10-12-18)17(3)23(34-14-13-33-4)24(20)37(5,31)32/h8-12,15-16H,6-7,13-14H2,1-5H3. The molecule has 0 bridgehead atoms. The third-order valence-electron chi connectivity index (χ3n) is 5.49. The molecule has 0 unspecified atom stereocenters. The molecule has 1 aromatic heterocycles. The zero-order valence-corrected chi connectivity index (χ0v) is 23.1. The molecule has 11 heteroatoms. The minimum absolute atomic E-state index is 0.0424. The topological polar surface area (TPSA) is 114 Å². The lowest BCUT2D eigenvalue weighted by atomic mass is 9.94. The molecule has 0 saturated heterocycles. The van der Waals surface area contributed by atoms with E-state index in [1.54, 1.807) is 37.3 Å². The summed E-state index contributed by atoms with van der Waals surface area (Å²) in [4.78, 5) is 25.8. The number of aryl methyl sites for hydroxylation is 1. The van der Waals surface area contributed by atoms with E-state index < -0.39 is 15.1 Å². The highest BCUT2D eigenvalue weighted by Gasteiger charge is 2.30. The van der Waals surface area contributed by atoms with Gasteiger partial charge in [-0.1, -0.05) is 37.3 Å².